The third-order valence-corrected chi connectivity index (χ3v) is 3.33. The predicted octanol–water partition coefficient (Wildman–Crippen LogP) is 1.46. The lowest BCUT2D eigenvalue weighted by atomic mass is 9.96. The van der Waals surface area contributed by atoms with E-state index in [1.807, 2.05) is 0 Å². The van der Waals surface area contributed by atoms with Gasteiger partial charge in [-0.05, 0) is 25.3 Å². The molecule has 20 heavy (non-hydrogen) atoms. The molecule has 1 fully saturated rings. The van der Waals surface area contributed by atoms with Gasteiger partial charge in [-0.3, -0.25) is 9.59 Å². The minimum atomic E-state index is -0.936. The molecule has 0 spiro atoms. The molecule has 1 unspecified atom stereocenters. The van der Waals surface area contributed by atoms with E-state index in [-0.39, 0.29) is 18.6 Å². The zero-order valence-corrected chi connectivity index (χ0v) is 11.3. The Bertz CT molecular complexity index is 500. The summed E-state index contributed by atoms with van der Waals surface area (Å²) < 4.78 is 5.62. The number of nitrogens with one attached hydrogen (secondary N) is 1. The summed E-state index contributed by atoms with van der Waals surface area (Å²) >= 11 is 0. The highest BCUT2D eigenvalue weighted by Crippen LogP contribution is 2.24. The van der Waals surface area contributed by atoms with Gasteiger partial charge in [-0.2, -0.15) is 0 Å². The van der Waals surface area contributed by atoms with Crippen LogP contribution >= 0.6 is 0 Å². The highest BCUT2D eigenvalue weighted by molar-refractivity contribution is 5.94. The molecule has 0 radical (unpaired) electrons. The van der Waals surface area contributed by atoms with Crippen LogP contribution in [0.25, 0.3) is 0 Å². The molecule has 1 saturated carbocycles. The monoisotopic (exact) mass is 278 g/mol. The number of carboxylic acid groups (broad SMARTS) is 1. The zero-order valence-electron chi connectivity index (χ0n) is 11.3. The molecule has 1 atom stereocenters. The van der Waals surface area contributed by atoms with Gasteiger partial charge in [0.05, 0.1) is 5.92 Å². The minimum absolute atomic E-state index is 0.0926. The van der Waals surface area contributed by atoms with Crippen molar-refractivity contribution < 1.29 is 19.4 Å². The fourth-order valence-corrected chi connectivity index (χ4v) is 1.71. The van der Waals surface area contributed by atoms with Crippen LogP contribution in [0.2, 0.25) is 0 Å². The van der Waals surface area contributed by atoms with Gasteiger partial charge in [0.2, 0.25) is 5.88 Å². The van der Waals surface area contributed by atoms with Crippen LogP contribution in [0, 0.1) is 5.92 Å². The van der Waals surface area contributed by atoms with Crippen molar-refractivity contribution in [2.75, 3.05) is 6.54 Å². The van der Waals surface area contributed by atoms with Gasteiger partial charge in [-0.1, -0.05) is 6.92 Å². The first kappa shape index (κ1) is 14.3. The molecule has 108 valence electrons. The summed E-state index contributed by atoms with van der Waals surface area (Å²) in [4.78, 5) is 26.7. The number of rotatable bonds is 6. The molecular formula is C14H18N2O4. The number of carboxylic acids is 1. The Morgan fingerprint density at radius 1 is 1.55 bits per heavy atom. The lowest BCUT2D eigenvalue weighted by molar-refractivity contribution is -0.140. The first-order chi connectivity index (χ1) is 9.56. The van der Waals surface area contributed by atoms with E-state index >= 15 is 0 Å². The Morgan fingerprint density at radius 2 is 2.30 bits per heavy atom. The summed E-state index contributed by atoms with van der Waals surface area (Å²) in [5.74, 6) is -1.44. The maximum Gasteiger partial charge on any atom is 0.308 e. The van der Waals surface area contributed by atoms with Gasteiger partial charge in [0.15, 0.2) is 0 Å². The lowest BCUT2D eigenvalue weighted by Gasteiger charge is -2.25. The van der Waals surface area contributed by atoms with E-state index in [1.165, 1.54) is 6.20 Å². The second-order valence-corrected chi connectivity index (χ2v) is 5.00. The number of carbonyl (C=O) groups excluding carboxylic acids is 1. The highest BCUT2D eigenvalue weighted by Gasteiger charge is 2.20. The van der Waals surface area contributed by atoms with Crippen molar-refractivity contribution in [2.24, 2.45) is 5.92 Å². The van der Waals surface area contributed by atoms with E-state index in [2.05, 4.69) is 10.3 Å². The van der Waals surface area contributed by atoms with Gasteiger partial charge in [0.1, 0.15) is 6.10 Å². The molecule has 0 bridgehead atoms. The van der Waals surface area contributed by atoms with Crippen molar-refractivity contribution in [3.8, 4) is 5.88 Å². The van der Waals surface area contributed by atoms with Crippen molar-refractivity contribution >= 4 is 11.9 Å². The maximum absolute atomic E-state index is 11.9. The molecular weight excluding hydrogens is 260 g/mol. The number of aromatic nitrogens is 1. The number of hydrogen-bond acceptors (Lipinski definition) is 4. The number of amides is 1. The number of ether oxygens (including phenoxy) is 1. The SMILES string of the molecule is CC(CNC(=O)c1ccnc(OC2CCC2)c1)C(=O)O. The van der Waals surface area contributed by atoms with E-state index in [4.69, 9.17) is 9.84 Å². The van der Waals surface area contributed by atoms with Crippen molar-refractivity contribution in [3.05, 3.63) is 23.9 Å². The van der Waals surface area contributed by atoms with Crippen LogP contribution in [0.15, 0.2) is 18.3 Å². The van der Waals surface area contributed by atoms with Crippen LogP contribution < -0.4 is 10.1 Å². The molecule has 2 rings (SSSR count). The standard InChI is InChI=1S/C14H18N2O4/c1-9(14(18)19)8-16-13(17)10-5-6-15-12(7-10)20-11-3-2-4-11/h5-7,9,11H,2-4,8H2,1H3,(H,16,17)(H,18,19). The number of hydrogen-bond donors (Lipinski definition) is 2. The van der Waals surface area contributed by atoms with Gasteiger partial charge < -0.3 is 15.2 Å². The second-order valence-electron chi connectivity index (χ2n) is 5.00. The van der Waals surface area contributed by atoms with E-state index in [1.54, 1.807) is 19.1 Å². The zero-order chi connectivity index (χ0) is 14.5. The van der Waals surface area contributed by atoms with Crippen LogP contribution in [0.4, 0.5) is 0 Å². The average Bonchev–Trinajstić information content (AvgIpc) is 2.40. The molecule has 1 heterocycles. The Labute approximate surface area is 117 Å². The third kappa shape index (κ3) is 3.69. The van der Waals surface area contributed by atoms with Crippen molar-refractivity contribution in [2.45, 2.75) is 32.3 Å². The van der Waals surface area contributed by atoms with Gasteiger partial charge in [0.25, 0.3) is 5.91 Å². The van der Waals surface area contributed by atoms with Gasteiger partial charge in [-0.25, -0.2) is 4.98 Å². The number of aliphatic carboxylic acids is 1. The Kier molecular flexibility index (Phi) is 4.55. The van der Waals surface area contributed by atoms with Crippen LogP contribution in [-0.2, 0) is 4.79 Å². The molecule has 1 aromatic rings. The molecule has 0 aliphatic heterocycles. The van der Waals surface area contributed by atoms with Crippen LogP contribution in [0.3, 0.4) is 0 Å². The number of carbonyl (C=O) groups is 2. The van der Waals surface area contributed by atoms with Crippen LogP contribution in [0.5, 0.6) is 5.88 Å². The molecule has 0 aromatic carbocycles. The summed E-state index contributed by atoms with van der Waals surface area (Å²) in [5, 5.41) is 11.3. The fraction of sp³-hybridized carbons (Fsp3) is 0.500. The first-order valence-corrected chi connectivity index (χ1v) is 6.70. The molecule has 1 amide bonds. The van der Waals surface area contributed by atoms with Crippen LogP contribution in [0.1, 0.15) is 36.5 Å². The van der Waals surface area contributed by atoms with Gasteiger partial charge >= 0.3 is 5.97 Å². The van der Waals surface area contributed by atoms with E-state index < -0.39 is 11.9 Å². The van der Waals surface area contributed by atoms with Gasteiger partial charge in [0, 0.05) is 24.4 Å². The largest absolute Gasteiger partial charge is 0.481 e. The fourth-order valence-electron chi connectivity index (χ4n) is 1.71. The van der Waals surface area contributed by atoms with Crippen molar-refractivity contribution in [1.82, 2.24) is 10.3 Å². The molecule has 0 saturated heterocycles. The van der Waals surface area contributed by atoms with E-state index in [9.17, 15) is 9.59 Å². The first-order valence-electron chi connectivity index (χ1n) is 6.70. The topological polar surface area (TPSA) is 88.5 Å². The van der Waals surface area contributed by atoms with Crippen LogP contribution in [-0.4, -0.2) is 34.6 Å². The van der Waals surface area contributed by atoms with Crippen molar-refractivity contribution in [3.63, 3.8) is 0 Å². The lowest BCUT2D eigenvalue weighted by Crippen LogP contribution is -2.31. The van der Waals surface area contributed by atoms with E-state index in [0.717, 1.165) is 19.3 Å². The minimum Gasteiger partial charge on any atom is -0.481 e. The smallest absolute Gasteiger partial charge is 0.308 e. The molecule has 1 aliphatic rings. The Hall–Kier alpha value is -2.11. The summed E-state index contributed by atoms with van der Waals surface area (Å²) in [5.41, 5.74) is 0.423. The summed E-state index contributed by atoms with van der Waals surface area (Å²) in [6.45, 7) is 1.63. The molecule has 2 N–H and O–H groups in total. The van der Waals surface area contributed by atoms with Crippen molar-refractivity contribution in [1.29, 1.82) is 0 Å². The Morgan fingerprint density at radius 3 is 2.90 bits per heavy atom. The maximum atomic E-state index is 11.9. The van der Waals surface area contributed by atoms with Gasteiger partial charge in [-0.15, -0.1) is 0 Å². The highest BCUT2D eigenvalue weighted by atomic mass is 16.5. The summed E-state index contributed by atoms with van der Waals surface area (Å²) in [7, 11) is 0. The summed E-state index contributed by atoms with van der Waals surface area (Å²) in [6.07, 6.45) is 4.93. The quantitative estimate of drug-likeness (QED) is 0.822. The van der Waals surface area contributed by atoms with E-state index in [0.29, 0.717) is 11.4 Å². The molecule has 6 heteroatoms. The number of pyridine rings is 1. The second kappa shape index (κ2) is 6.36. The molecule has 1 aliphatic carbocycles. The average molecular weight is 278 g/mol. The third-order valence-electron chi connectivity index (χ3n) is 3.33. The Balaban J connectivity index is 1.91. The molecule has 6 nitrogen and oxygen atoms in total. The normalized spacial score (nSPS) is 16.1. The number of nitrogens with zero attached hydrogens (tertiary/aromatic N) is 1. The predicted molar refractivity (Wildman–Crippen MR) is 71.6 cm³/mol. The molecule has 1 aromatic heterocycles. The summed E-state index contributed by atoms with van der Waals surface area (Å²) in [6, 6.07) is 3.16.